The fourth-order valence-electron chi connectivity index (χ4n) is 2.69. The van der Waals surface area contributed by atoms with Gasteiger partial charge < -0.3 is 28.6 Å². The van der Waals surface area contributed by atoms with Crippen molar-refractivity contribution >= 4 is 12.1 Å². The number of likely N-dealkylation sites (tertiary alicyclic amines) is 1. The van der Waals surface area contributed by atoms with Gasteiger partial charge in [-0.2, -0.15) is 0 Å². The Morgan fingerprint density at radius 2 is 1.79 bits per heavy atom. The van der Waals surface area contributed by atoms with Crippen LogP contribution in [0.25, 0.3) is 0 Å². The first-order chi connectivity index (χ1) is 13.7. The predicted molar refractivity (Wildman–Crippen MR) is 101 cm³/mol. The predicted octanol–water partition coefficient (Wildman–Crippen LogP) is 2.01. The van der Waals surface area contributed by atoms with E-state index in [2.05, 4.69) is 0 Å². The van der Waals surface area contributed by atoms with Gasteiger partial charge in [-0.15, -0.1) is 0 Å². The second kappa shape index (κ2) is 13.1. The number of hydrogen-bond donors (Lipinski definition) is 0. The molecule has 28 heavy (non-hydrogen) atoms. The van der Waals surface area contributed by atoms with Crippen LogP contribution in [0, 0.1) is 0 Å². The number of rotatable bonds is 12. The van der Waals surface area contributed by atoms with E-state index in [0.717, 1.165) is 12.0 Å². The summed E-state index contributed by atoms with van der Waals surface area (Å²) in [6, 6.07) is 9.60. The Balaban J connectivity index is 1.46. The van der Waals surface area contributed by atoms with Gasteiger partial charge in [0.05, 0.1) is 45.7 Å². The molecule has 0 N–H and O–H groups in total. The maximum absolute atomic E-state index is 12.1. The van der Waals surface area contributed by atoms with Crippen LogP contribution in [0.5, 0.6) is 0 Å². The van der Waals surface area contributed by atoms with E-state index >= 15 is 0 Å². The second-order valence-electron chi connectivity index (χ2n) is 6.24. The molecule has 1 aromatic rings. The monoisotopic (exact) mass is 395 g/mol. The molecule has 1 atom stereocenters. The summed E-state index contributed by atoms with van der Waals surface area (Å²) in [4.78, 5) is 24.8. The van der Waals surface area contributed by atoms with Crippen molar-refractivity contribution in [1.82, 2.24) is 4.90 Å². The first-order valence-corrected chi connectivity index (χ1v) is 9.57. The van der Waals surface area contributed by atoms with E-state index in [1.807, 2.05) is 30.3 Å². The number of carbonyl (C=O) groups is 2. The van der Waals surface area contributed by atoms with Gasteiger partial charge in [0, 0.05) is 6.54 Å². The molecule has 0 spiro atoms. The molecule has 0 aromatic heterocycles. The van der Waals surface area contributed by atoms with Crippen molar-refractivity contribution in [3.63, 3.8) is 0 Å². The van der Waals surface area contributed by atoms with Crippen LogP contribution in [0.2, 0.25) is 0 Å². The SMILES string of the molecule is CCOC(=O)COCCOCCO[C@H]1CCN(C(=O)OCc2ccccc2)C1. The van der Waals surface area contributed by atoms with E-state index in [0.29, 0.717) is 46.1 Å². The fourth-order valence-corrected chi connectivity index (χ4v) is 2.69. The molecule has 1 heterocycles. The van der Waals surface area contributed by atoms with Gasteiger partial charge in [0.25, 0.3) is 0 Å². The molecule has 1 fully saturated rings. The normalized spacial score (nSPS) is 16.2. The highest BCUT2D eigenvalue weighted by molar-refractivity contribution is 5.70. The first-order valence-electron chi connectivity index (χ1n) is 9.57. The third-order valence-electron chi connectivity index (χ3n) is 4.09. The first kappa shape index (κ1) is 22.1. The number of nitrogens with zero attached hydrogens (tertiary/aromatic N) is 1. The maximum atomic E-state index is 12.1. The minimum absolute atomic E-state index is 0.00654. The number of benzene rings is 1. The molecule has 1 aliphatic rings. The summed E-state index contributed by atoms with van der Waals surface area (Å²) in [5.74, 6) is -0.376. The summed E-state index contributed by atoms with van der Waals surface area (Å²) < 4.78 is 26.3. The number of esters is 1. The van der Waals surface area contributed by atoms with Crippen molar-refractivity contribution in [3.05, 3.63) is 35.9 Å². The molecule has 1 amide bonds. The zero-order valence-corrected chi connectivity index (χ0v) is 16.3. The lowest BCUT2D eigenvalue weighted by atomic mass is 10.2. The quantitative estimate of drug-likeness (QED) is 0.395. The molecule has 0 aliphatic carbocycles. The number of ether oxygens (including phenoxy) is 5. The van der Waals surface area contributed by atoms with Crippen molar-refractivity contribution in [1.29, 1.82) is 0 Å². The lowest BCUT2D eigenvalue weighted by Crippen LogP contribution is -2.31. The van der Waals surface area contributed by atoms with Gasteiger partial charge in [-0.1, -0.05) is 30.3 Å². The van der Waals surface area contributed by atoms with Crippen LogP contribution in [-0.4, -0.2) is 75.8 Å². The Morgan fingerprint density at radius 1 is 1.04 bits per heavy atom. The van der Waals surface area contributed by atoms with Crippen LogP contribution in [-0.2, 0) is 35.1 Å². The average Bonchev–Trinajstić information content (AvgIpc) is 3.18. The second-order valence-corrected chi connectivity index (χ2v) is 6.24. The Bertz CT molecular complexity index is 581. The van der Waals surface area contributed by atoms with Crippen LogP contribution < -0.4 is 0 Å². The molecule has 0 unspecified atom stereocenters. The van der Waals surface area contributed by atoms with E-state index in [9.17, 15) is 9.59 Å². The zero-order valence-electron chi connectivity index (χ0n) is 16.3. The van der Waals surface area contributed by atoms with Crippen molar-refractivity contribution in [2.24, 2.45) is 0 Å². The third kappa shape index (κ3) is 8.69. The summed E-state index contributed by atoms with van der Waals surface area (Å²) in [6.07, 6.45) is 0.459. The molecule has 8 heteroatoms. The van der Waals surface area contributed by atoms with Gasteiger partial charge in [-0.3, -0.25) is 0 Å². The van der Waals surface area contributed by atoms with Gasteiger partial charge >= 0.3 is 12.1 Å². The van der Waals surface area contributed by atoms with E-state index in [4.69, 9.17) is 23.7 Å². The van der Waals surface area contributed by atoms with Crippen LogP contribution in [0.4, 0.5) is 4.79 Å². The highest BCUT2D eigenvalue weighted by Crippen LogP contribution is 2.14. The minimum Gasteiger partial charge on any atom is -0.464 e. The number of amides is 1. The van der Waals surface area contributed by atoms with E-state index < -0.39 is 0 Å². The van der Waals surface area contributed by atoms with Gasteiger partial charge in [-0.25, -0.2) is 9.59 Å². The minimum atomic E-state index is -0.376. The highest BCUT2D eigenvalue weighted by Gasteiger charge is 2.27. The molecular weight excluding hydrogens is 366 g/mol. The summed E-state index contributed by atoms with van der Waals surface area (Å²) in [6.45, 7) is 5.02. The summed E-state index contributed by atoms with van der Waals surface area (Å²) in [7, 11) is 0. The molecule has 1 saturated heterocycles. The Morgan fingerprint density at radius 3 is 2.57 bits per heavy atom. The lowest BCUT2D eigenvalue weighted by Gasteiger charge is -2.16. The van der Waals surface area contributed by atoms with E-state index in [-0.39, 0.29) is 31.4 Å². The molecule has 0 saturated carbocycles. The molecule has 0 radical (unpaired) electrons. The molecule has 2 rings (SSSR count). The standard InChI is InChI=1S/C20H29NO7/c1-2-26-19(22)16-25-11-10-24-12-13-27-18-8-9-21(14-18)20(23)28-15-17-6-4-3-5-7-17/h3-7,18H,2,8-16H2,1H3/t18-/m0/s1. The Labute approximate surface area is 165 Å². The fraction of sp³-hybridized carbons (Fsp3) is 0.600. The highest BCUT2D eigenvalue weighted by atomic mass is 16.6. The molecule has 156 valence electrons. The number of carbonyl (C=O) groups excluding carboxylic acids is 2. The third-order valence-corrected chi connectivity index (χ3v) is 4.09. The topological polar surface area (TPSA) is 83.5 Å². The van der Waals surface area contributed by atoms with Crippen LogP contribution in [0.15, 0.2) is 30.3 Å². The van der Waals surface area contributed by atoms with Crippen molar-refractivity contribution in [3.8, 4) is 0 Å². The van der Waals surface area contributed by atoms with Crippen LogP contribution >= 0.6 is 0 Å². The lowest BCUT2D eigenvalue weighted by molar-refractivity contribution is -0.149. The van der Waals surface area contributed by atoms with E-state index in [1.165, 1.54) is 0 Å². The largest absolute Gasteiger partial charge is 0.464 e. The van der Waals surface area contributed by atoms with E-state index in [1.54, 1.807) is 11.8 Å². The molecular formula is C20H29NO7. The van der Waals surface area contributed by atoms with Gasteiger partial charge in [0.2, 0.25) is 0 Å². The van der Waals surface area contributed by atoms with Crippen molar-refractivity contribution in [2.45, 2.75) is 26.1 Å². The molecule has 8 nitrogen and oxygen atoms in total. The zero-order chi connectivity index (χ0) is 20.0. The smallest absolute Gasteiger partial charge is 0.410 e. The molecule has 1 aliphatic heterocycles. The Hall–Kier alpha value is -2.16. The average molecular weight is 395 g/mol. The summed E-state index contributed by atoms with van der Waals surface area (Å²) in [5.41, 5.74) is 0.964. The molecule has 1 aromatic carbocycles. The maximum Gasteiger partial charge on any atom is 0.410 e. The van der Waals surface area contributed by atoms with Crippen LogP contribution in [0.1, 0.15) is 18.9 Å². The summed E-state index contributed by atoms with van der Waals surface area (Å²) in [5, 5.41) is 0. The van der Waals surface area contributed by atoms with Gasteiger partial charge in [-0.05, 0) is 18.9 Å². The van der Waals surface area contributed by atoms with Gasteiger partial charge in [0.15, 0.2) is 0 Å². The Kier molecular flexibility index (Phi) is 10.3. The van der Waals surface area contributed by atoms with Gasteiger partial charge in [0.1, 0.15) is 13.2 Å². The van der Waals surface area contributed by atoms with Crippen LogP contribution in [0.3, 0.4) is 0 Å². The van der Waals surface area contributed by atoms with Crippen molar-refractivity contribution in [2.75, 3.05) is 52.7 Å². The van der Waals surface area contributed by atoms with Crippen molar-refractivity contribution < 1.29 is 33.3 Å². The number of hydrogen-bond acceptors (Lipinski definition) is 7. The molecule has 0 bridgehead atoms. The summed E-state index contributed by atoms with van der Waals surface area (Å²) >= 11 is 0.